The summed E-state index contributed by atoms with van der Waals surface area (Å²) in [5.74, 6) is -1.31. The maximum Gasteiger partial charge on any atom is 0.248 e. The van der Waals surface area contributed by atoms with E-state index >= 15 is 0 Å². The van der Waals surface area contributed by atoms with E-state index in [0.717, 1.165) is 10.6 Å². The third-order valence-electron chi connectivity index (χ3n) is 6.25. The van der Waals surface area contributed by atoms with Gasteiger partial charge >= 0.3 is 0 Å². The minimum atomic E-state index is -3.79. The van der Waals surface area contributed by atoms with Crippen molar-refractivity contribution in [2.24, 2.45) is 0 Å². The van der Waals surface area contributed by atoms with E-state index in [1.807, 2.05) is 0 Å². The first kappa shape index (κ1) is 31.7. The molecular weight excluding hydrogens is 572 g/mol. The van der Waals surface area contributed by atoms with Gasteiger partial charge in [0, 0.05) is 20.6 Å². The van der Waals surface area contributed by atoms with Gasteiger partial charge in [0.2, 0.25) is 26.0 Å². The Labute approximate surface area is 240 Å². The molecule has 0 fully saturated rings. The van der Waals surface area contributed by atoms with Gasteiger partial charge < -0.3 is 14.9 Å². The molecule has 3 aromatic carbocycles. The average Bonchev–Trinajstić information content (AvgIpc) is 2.93. The van der Waals surface area contributed by atoms with Gasteiger partial charge in [-0.1, -0.05) is 24.3 Å². The fraction of sp³-hybridized carbons (Fsp3) is 0.296. The molecule has 4 N–H and O–H groups in total. The quantitative estimate of drug-likeness (QED) is 0.179. The van der Waals surface area contributed by atoms with Crippen molar-refractivity contribution in [3.05, 3.63) is 71.8 Å². The lowest BCUT2D eigenvalue weighted by Crippen LogP contribution is -2.46. The van der Waals surface area contributed by atoms with E-state index in [2.05, 4.69) is 10.1 Å². The van der Waals surface area contributed by atoms with E-state index in [9.17, 15) is 31.8 Å². The highest BCUT2D eigenvalue weighted by Crippen LogP contribution is 2.37. The first-order valence-corrected chi connectivity index (χ1v) is 15.7. The number of sulfonamides is 2. The van der Waals surface area contributed by atoms with E-state index in [4.69, 9.17) is 4.74 Å². The maximum atomic E-state index is 13.8. The van der Waals surface area contributed by atoms with Crippen LogP contribution in [0.15, 0.2) is 65.6 Å². The predicted molar refractivity (Wildman–Crippen MR) is 156 cm³/mol. The second-order valence-electron chi connectivity index (χ2n) is 9.45. The SMILES string of the molecule is COc1ccc(C(C)C(=O)N(NCCc2ccc(O)c(NS(C)(=O)=O)c2O)c2cccc(S(=O)(=O)N(C)C)c2)cc1. The van der Waals surface area contributed by atoms with Crippen molar-refractivity contribution < 1.29 is 36.6 Å². The number of carbonyl (C=O) groups excluding carboxylic acids is 1. The minimum Gasteiger partial charge on any atom is -0.506 e. The van der Waals surface area contributed by atoms with Crippen molar-refractivity contribution in [3.63, 3.8) is 0 Å². The van der Waals surface area contributed by atoms with Crippen LogP contribution in [0.5, 0.6) is 17.2 Å². The number of phenolic OH excluding ortho intramolecular Hbond substituents is 2. The number of benzene rings is 3. The molecule has 0 saturated heterocycles. The molecule has 0 saturated carbocycles. The van der Waals surface area contributed by atoms with E-state index in [1.54, 1.807) is 37.3 Å². The van der Waals surface area contributed by atoms with Crippen LogP contribution in [0.4, 0.5) is 11.4 Å². The lowest BCUT2D eigenvalue weighted by atomic mass is 10.00. The smallest absolute Gasteiger partial charge is 0.248 e. The Bertz CT molecular complexity index is 1610. The van der Waals surface area contributed by atoms with Crippen molar-refractivity contribution in [2.45, 2.75) is 24.2 Å². The molecule has 14 heteroatoms. The summed E-state index contributed by atoms with van der Waals surface area (Å²) in [6.45, 7) is 1.79. The van der Waals surface area contributed by atoms with Gasteiger partial charge in [-0.2, -0.15) is 0 Å². The number of phenols is 2. The number of amides is 1. The van der Waals surface area contributed by atoms with E-state index in [1.165, 1.54) is 56.5 Å². The number of anilines is 2. The molecule has 0 aliphatic carbocycles. The number of aromatic hydroxyl groups is 2. The second kappa shape index (κ2) is 12.8. The zero-order chi connectivity index (χ0) is 30.5. The summed E-state index contributed by atoms with van der Waals surface area (Å²) in [5, 5.41) is 21.9. The molecule has 1 atom stereocenters. The number of carbonyl (C=O) groups is 1. The van der Waals surface area contributed by atoms with Crippen LogP contribution in [0, 0.1) is 0 Å². The zero-order valence-corrected chi connectivity index (χ0v) is 25.0. The second-order valence-corrected chi connectivity index (χ2v) is 13.4. The van der Waals surface area contributed by atoms with Gasteiger partial charge in [-0.25, -0.2) is 31.6 Å². The highest BCUT2D eigenvalue weighted by atomic mass is 32.2. The zero-order valence-electron chi connectivity index (χ0n) is 23.3. The van der Waals surface area contributed by atoms with Gasteiger partial charge in [-0.3, -0.25) is 9.52 Å². The molecule has 3 rings (SSSR count). The Balaban J connectivity index is 1.94. The summed E-state index contributed by atoms with van der Waals surface area (Å²) >= 11 is 0. The summed E-state index contributed by atoms with van der Waals surface area (Å²) < 4.78 is 57.2. The lowest BCUT2D eigenvalue weighted by Gasteiger charge is -2.27. The third-order valence-corrected chi connectivity index (χ3v) is 8.64. The number of rotatable bonds is 12. The standard InChI is InChI=1S/C27H34N4O8S2/c1-18(19-9-12-22(39-4)13-10-19)27(34)31(21-7-6-8-23(17-21)41(37,38)30(2)3)28-16-15-20-11-14-24(32)25(26(20)33)29-40(5,35)36/h6-14,17-18,28-29,32-33H,15-16H2,1-5H3. The number of nitrogens with zero attached hydrogens (tertiary/aromatic N) is 2. The van der Waals surface area contributed by atoms with Gasteiger partial charge in [-0.05, 0) is 60.9 Å². The number of ether oxygens (including phenoxy) is 1. The van der Waals surface area contributed by atoms with E-state index < -0.39 is 37.5 Å². The number of hydrogen-bond acceptors (Lipinski definition) is 9. The Hall–Kier alpha value is -3.85. The Morgan fingerprint density at radius 1 is 1.00 bits per heavy atom. The molecule has 222 valence electrons. The van der Waals surface area contributed by atoms with Crippen molar-refractivity contribution in [1.29, 1.82) is 0 Å². The Kier molecular flexibility index (Phi) is 9.86. The normalized spacial score (nSPS) is 12.6. The van der Waals surface area contributed by atoms with Gasteiger partial charge in [0.05, 0.1) is 29.9 Å². The number of hydrogen-bond donors (Lipinski definition) is 4. The van der Waals surface area contributed by atoms with Crippen LogP contribution in [0.25, 0.3) is 0 Å². The molecule has 0 bridgehead atoms. The predicted octanol–water partition coefficient (Wildman–Crippen LogP) is 2.61. The van der Waals surface area contributed by atoms with Crippen molar-refractivity contribution in [2.75, 3.05) is 43.7 Å². The molecule has 0 heterocycles. The highest BCUT2D eigenvalue weighted by molar-refractivity contribution is 7.92. The Morgan fingerprint density at radius 3 is 2.24 bits per heavy atom. The van der Waals surface area contributed by atoms with Crippen LogP contribution in [0.3, 0.4) is 0 Å². The molecule has 0 spiro atoms. The van der Waals surface area contributed by atoms with Crippen LogP contribution in [0.2, 0.25) is 0 Å². The average molecular weight is 607 g/mol. The monoisotopic (exact) mass is 606 g/mol. The number of hydrazine groups is 1. The number of nitrogens with one attached hydrogen (secondary N) is 2. The van der Waals surface area contributed by atoms with Gasteiger partial charge in [-0.15, -0.1) is 0 Å². The maximum absolute atomic E-state index is 13.8. The molecule has 0 radical (unpaired) electrons. The molecule has 0 aromatic heterocycles. The fourth-order valence-electron chi connectivity index (χ4n) is 3.93. The largest absolute Gasteiger partial charge is 0.506 e. The Morgan fingerprint density at radius 2 is 1.66 bits per heavy atom. The van der Waals surface area contributed by atoms with E-state index in [-0.39, 0.29) is 35.1 Å². The topological polar surface area (TPSA) is 166 Å². The molecule has 1 unspecified atom stereocenters. The summed E-state index contributed by atoms with van der Waals surface area (Å²) in [6, 6.07) is 15.6. The molecule has 1 amide bonds. The van der Waals surface area contributed by atoms with Crippen molar-refractivity contribution in [3.8, 4) is 17.2 Å². The van der Waals surface area contributed by atoms with Gasteiger partial charge in [0.15, 0.2) is 0 Å². The summed E-state index contributed by atoms with van der Waals surface area (Å²) in [5.41, 5.74) is 3.92. The molecule has 3 aromatic rings. The third kappa shape index (κ3) is 7.67. The minimum absolute atomic E-state index is 0.00984. The highest BCUT2D eigenvalue weighted by Gasteiger charge is 2.26. The summed E-state index contributed by atoms with van der Waals surface area (Å²) in [4.78, 5) is 13.8. The molecule has 0 aliphatic heterocycles. The van der Waals surface area contributed by atoms with Gasteiger partial charge in [0.1, 0.15) is 22.9 Å². The first-order chi connectivity index (χ1) is 19.2. The van der Waals surface area contributed by atoms with Crippen LogP contribution >= 0.6 is 0 Å². The molecule has 41 heavy (non-hydrogen) atoms. The van der Waals surface area contributed by atoms with Crippen LogP contribution in [-0.4, -0.2) is 71.3 Å². The van der Waals surface area contributed by atoms with Crippen molar-refractivity contribution in [1.82, 2.24) is 9.73 Å². The molecule has 0 aliphatic rings. The fourth-order valence-corrected chi connectivity index (χ4v) is 5.45. The first-order valence-electron chi connectivity index (χ1n) is 12.4. The van der Waals surface area contributed by atoms with Gasteiger partial charge in [0.25, 0.3) is 0 Å². The van der Waals surface area contributed by atoms with Crippen molar-refractivity contribution >= 4 is 37.3 Å². The van der Waals surface area contributed by atoms with Crippen LogP contribution in [0.1, 0.15) is 24.0 Å². The summed E-state index contributed by atoms with van der Waals surface area (Å²) in [6.07, 6.45) is 0.999. The van der Waals surface area contributed by atoms with Crippen LogP contribution in [-0.2, 0) is 31.3 Å². The summed E-state index contributed by atoms with van der Waals surface area (Å²) in [7, 11) is -3.22. The lowest BCUT2D eigenvalue weighted by molar-refractivity contribution is -0.120. The number of methoxy groups -OCH3 is 1. The van der Waals surface area contributed by atoms with E-state index in [0.29, 0.717) is 16.9 Å². The molecule has 12 nitrogen and oxygen atoms in total. The van der Waals surface area contributed by atoms with Crippen LogP contribution < -0.4 is 19.9 Å². The molecular formula is C27H34N4O8S2.